The molecule has 0 radical (unpaired) electrons. The molecule has 0 saturated heterocycles. The molecule has 0 aliphatic heterocycles. The Morgan fingerprint density at radius 3 is 2.38 bits per heavy atom. The van der Waals surface area contributed by atoms with Crippen LogP contribution in [0, 0.1) is 0 Å². The van der Waals surface area contributed by atoms with E-state index in [-0.39, 0.29) is 12.2 Å². The lowest BCUT2D eigenvalue weighted by Crippen LogP contribution is -2.30. The molecule has 0 amide bonds. The highest BCUT2D eigenvalue weighted by atomic mass is 32.2. The van der Waals surface area contributed by atoms with Gasteiger partial charge in [-0.15, -0.1) is 0 Å². The van der Waals surface area contributed by atoms with Crippen molar-refractivity contribution in [2.75, 3.05) is 5.75 Å². The van der Waals surface area contributed by atoms with Gasteiger partial charge in [0.05, 0.1) is 0 Å². The first-order valence-electron chi connectivity index (χ1n) is 3.61. The largest absolute Gasteiger partial charge is 0.480 e. The predicted molar refractivity (Wildman–Crippen MR) is 48.4 cm³/mol. The summed E-state index contributed by atoms with van der Waals surface area (Å²) in [6, 6.07) is -0.966. The number of carboxylic acids is 1. The van der Waals surface area contributed by atoms with E-state index in [9.17, 15) is 14.4 Å². The molecule has 0 fully saturated rings. The van der Waals surface area contributed by atoms with Gasteiger partial charge in [-0.05, 0) is 6.42 Å². The monoisotopic (exact) mass is 205 g/mol. The van der Waals surface area contributed by atoms with Crippen molar-refractivity contribution in [3.63, 3.8) is 0 Å². The molecule has 0 bridgehead atoms. The van der Waals surface area contributed by atoms with Gasteiger partial charge in [-0.1, -0.05) is 11.8 Å². The van der Waals surface area contributed by atoms with Crippen LogP contribution in [0.4, 0.5) is 0 Å². The predicted octanol–water partition coefficient (Wildman–Crippen LogP) is -0.363. The minimum Gasteiger partial charge on any atom is -0.480 e. The Kier molecular flexibility index (Phi) is 5.33. The van der Waals surface area contributed by atoms with Crippen LogP contribution >= 0.6 is 11.8 Å². The van der Waals surface area contributed by atoms with Crippen LogP contribution in [0.5, 0.6) is 0 Å². The number of thioether (sulfide) groups is 1. The Morgan fingerprint density at radius 1 is 1.46 bits per heavy atom. The number of carbonyl (C=O) groups excluding carboxylic acids is 2. The van der Waals surface area contributed by atoms with Crippen LogP contribution in [0.2, 0.25) is 0 Å². The van der Waals surface area contributed by atoms with Crippen molar-refractivity contribution in [2.24, 2.45) is 5.73 Å². The molecular weight excluding hydrogens is 194 g/mol. The number of carboxylic acid groups (broad SMARTS) is 1. The molecular formula is C7H11NO4S. The first-order chi connectivity index (χ1) is 5.95. The molecule has 1 atom stereocenters. The molecule has 74 valence electrons. The van der Waals surface area contributed by atoms with Gasteiger partial charge in [-0.25, -0.2) is 0 Å². The van der Waals surface area contributed by atoms with Crippen LogP contribution in [-0.2, 0) is 14.4 Å². The van der Waals surface area contributed by atoms with E-state index in [0.29, 0.717) is 0 Å². The molecule has 0 aromatic rings. The molecule has 0 aromatic heterocycles. The van der Waals surface area contributed by atoms with E-state index in [4.69, 9.17) is 10.8 Å². The molecule has 0 aromatic carbocycles. The van der Waals surface area contributed by atoms with Crippen LogP contribution in [0.1, 0.15) is 13.3 Å². The fourth-order valence-corrected chi connectivity index (χ4v) is 1.26. The maximum absolute atomic E-state index is 10.7. The summed E-state index contributed by atoms with van der Waals surface area (Å²) in [6.45, 7) is 1.17. The van der Waals surface area contributed by atoms with E-state index < -0.39 is 22.9 Å². The smallest absolute Gasteiger partial charge is 0.320 e. The summed E-state index contributed by atoms with van der Waals surface area (Å²) in [5.74, 6) is -1.38. The number of hydrogen-bond acceptors (Lipinski definition) is 5. The Morgan fingerprint density at radius 2 is 2.00 bits per heavy atom. The average Bonchev–Trinajstić information content (AvgIpc) is 2.03. The third-order valence-electron chi connectivity index (χ3n) is 1.27. The maximum atomic E-state index is 10.7. The van der Waals surface area contributed by atoms with E-state index in [1.807, 2.05) is 0 Å². The lowest BCUT2D eigenvalue weighted by molar-refractivity contribution is -0.138. The lowest BCUT2D eigenvalue weighted by Gasteiger charge is -2.03. The number of ketones is 1. The van der Waals surface area contributed by atoms with Crippen molar-refractivity contribution in [3.8, 4) is 0 Å². The second-order valence-electron chi connectivity index (χ2n) is 2.43. The third-order valence-corrected chi connectivity index (χ3v) is 2.26. The number of rotatable bonds is 5. The Hall–Kier alpha value is -0.880. The van der Waals surface area contributed by atoms with E-state index in [1.54, 1.807) is 0 Å². The van der Waals surface area contributed by atoms with Gasteiger partial charge in [-0.3, -0.25) is 14.4 Å². The molecule has 0 heterocycles. The van der Waals surface area contributed by atoms with Crippen molar-refractivity contribution >= 4 is 28.6 Å². The zero-order chi connectivity index (χ0) is 10.4. The van der Waals surface area contributed by atoms with Crippen molar-refractivity contribution in [1.29, 1.82) is 0 Å². The zero-order valence-corrected chi connectivity index (χ0v) is 7.97. The van der Waals surface area contributed by atoms with Gasteiger partial charge < -0.3 is 10.8 Å². The summed E-state index contributed by atoms with van der Waals surface area (Å²) in [5.41, 5.74) is 5.17. The fourth-order valence-electron chi connectivity index (χ4n) is 0.504. The van der Waals surface area contributed by atoms with E-state index >= 15 is 0 Å². The fraction of sp³-hybridized carbons (Fsp3) is 0.571. The lowest BCUT2D eigenvalue weighted by atomic mass is 10.2. The number of carbonyl (C=O) groups is 3. The average molecular weight is 205 g/mol. The second kappa shape index (κ2) is 5.71. The van der Waals surface area contributed by atoms with Crippen LogP contribution in [0.3, 0.4) is 0 Å². The van der Waals surface area contributed by atoms with Crippen molar-refractivity contribution in [1.82, 2.24) is 0 Å². The normalized spacial score (nSPS) is 12.2. The molecule has 1 unspecified atom stereocenters. The van der Waals surface area contributed by atoms with E-state index in [0.717, 1.165) is 11.8 Å². The number of hydrogen-bond donors (Lipinski definition) is 2. The van der Waals surface area contributed by atoms with Gasteiger partial charge in [0, 0.05) is 12.7 Å². The molecule has 13 heavy (non-hydrogen) atoms. The molecule has 0 aliphatic rings. The van der Waals surface area contributed by atoms with Crippen molar-refractivity contribution < 1.29 is 19.5 Å². The number of aliphatic carboxylic acids is 1. The first-order valence-corrected chi connectivity index (χ1v) is 4.59. The van der Waals surface area contributed by atoms with Crippen molar-refractivity contribution in [2.45, 2.75) is 19.4 Å². The Balaban J connectivity index is 3.62. The van der Waals surface area contributed by atoms with Crippen LogP contribution in [-0.4, -0.2) is 33.8 Å². The molecule has 0 spiro atoms. The van der Waals surface area contributed by atoms with E-state index in [1.165, 1.54) is 6.92 Å². The molecule has 5 nitrogen and oxygen atoms in total. The minimum atomic E-state index is -1.10. The standard InChI is InChI=1S/C7H11NO4S/c1-4(9)7(12)13-3-2-5(8)6(10)11/h5H,2-3,8H2,1H3,(H,10,11). The number of Topliss-reactive ketones (excluding diaryl/α,β-unsaturated/α-hetero) is 1. The molecule has 0 aliphatic carbocycles. The zero-order valence-electron chi connectivity index (χ0n) is 7.15. The third kappa shape index (κ3) is 5.37. The Bertz CT molecular complexity index is 229. The molecule has 3 N–H and O–H groups in total. The van der Waals surface area contributed by atoms with Crippen molar-refractivity contribution in [3.05, 3.63) is 0 Å². The molecule has 0 saturated carbocycles. The highest BCUT2D eigenvalue weighted by Gasteiger charge is 2.13. The highest BCUT2D eigenvalue weighted by Crippen LogP contribution is 2.06. The van der Waals surface area contributed by atoms with Gasteiger partial charge in [0.2, 0.25) is 5.78 Å². The van der Waals surface area contributed by atoms with Crippen LogP contribution < -0.4 is 5.73 Å². The summed E-state index contributed by atoms with van der Waals surface area (Å²) >= 11 is 0.798. The molecule has 6 heteroatoms. The quantitative estimate of drug-likeness (QED) is 0.595. The summed E-state index contributed by atoms with van der Waals surface area (Å²) in [5, 5.41) is 7.81. The minimum absolute atomic E-state index is 0.180. The topological polar surface area (TPSA) is 97.5 Å². The SMILES string of the molecule is CC(=O)C(=O)SCCC(N)C(=O)O. The Labute approximate surface area is 79.7 Å². The summed E-state index contributed by atoms with van der Waals surface area (Å²) < 4.78 is 0. The van der Waals surface area contributed by atoms with Crippen LogP contribution in [0.15, 0.2) is 0 Å². The van der Waals surface area contributed by atoms with Gasteiger partial charge >= 0.3 is 5.97 Å². The molecule has 0 rings (SSSR count). The van der Waals surface area contributed by atoms with E-state index in [2.05, 4.69) is 0 Å². The van der Waals surface area contributed by atoms with Gasteiger partial charge in [0.25, 0.3) is 5.12 Å². The summed E-state index contributed by atoms with van der Waals surface area (Å²) in [6.07, 6.45) is 0.180. The van der Waals surface area contributed by atoms with Crippen LogP contribution in [0.25, 0.3) is 0 Å². The first kappa shape index (κ1) is 12.1. The van der Waals surface area contributed by atoms with Gasteiger partial charge in [-0.2, -0.15) is 0 Å². The highest BCUT2D eigenvalue weighted by molar-refractivity contribution is 8.15. The summed E-state index contributed by atoms with van der Waals surface area (Å²) in [4.78, 5) is 31.4. The maximum Gasteiger partial charge on any atom is 0.320 e. The van der Waals surface area contributed by atoms with Gasteiger partial charge in [0.1, 0.15) is 6.04 Å². The summed E-state index contributed by atoms with van der Waals surface area (Å²) in [7, 11) is 0. The van der Waals surface area contributed by atoms with Gasteiger partial charge in [0.15, 0.2) is 0 Å². The second-order valence-corrected chi connectivity index (χ2v) is 3.49. The number of nitrogens with two attached hydrogens (primary N) is 1.